The van der Waals surface area contributed by atoms with Crippen LogP contribution in [-0.4, -0.2) is 34.8 Å². The summed E-state index contributed by atoms with van der Waals surface area (Å²) in [5.41, 5.74) is 3.66. The second-order valence-corrected chi connectivity index (χ2v) is 5.90. The van der Waals surface area contributed by atoms with E-state index in [1.165, 1.54) is 11.1 Å². The van der Waals surface area contributed by atoms with Crippen molar-refractivity contribution in [1.29, 1.82) is 0 Å². The molecule has 0 unspecified atom stereocenters. The Morgan fingerprint density at radius 3 is 2.55 bits per heavy atom. The molecule has 0 amide bonds. The summed E-state index contributed by atoms with van der Waals surface area (Å²) in [6.45, 7) is 1.24. The van der Waals surface area contributed by atoms with E-state index in [4.69, 9.17) is 0 Å². The molecule has 0 saturated carbocycles. The molecule has 2 atom stereocenters. The lowest BCUT2D eigenvalue weighted by Gasteiger charge is -2.31. The van der Waals surface area contributed by atoms with Crippen LogP contribution in [0, 0.1) is 0 Å². The Kier molecular flexibility index (Phi) is 4.88. The predicted molar refractivity (Wildman–Crippen MR) is 87.6 cm³/mol. The van der Waals surface area contributed by atoms with Crippen LogP contribution in [0.4, 0.5) is 0 Å². The second kappa shape index (κ2) is 7.05. The minimum Gasteiger partial charge on any atom is -0.395 e. The van der Waals surface area contributed by atoms with Gasteiger partial charge in [-0.05, 0) is 29.5 Å². The third-order valence-electron chi connectivity index (χ3n) is 4.52. The van der Waals surface area contributed by atoms with Gasteiger partial charge in [-0.2, -0.15) is 0 Å². The molecule has 1 aliphatic carbocycles. The summed E-state index contributed by atoms with van der Waals surface area (Å²) in [6, 6.07) is 18.5. The minimum absolute atomic E-state index is 0.111. The monoisotopic (exact) mass is 297 g/mol. The molecule has 0 aliphatic heterocycles. The number of benzene rings is 2. The van der Waals surface area contributed by atoms with Gasteiger partial charge in [0.05, 0.1) is 12.7 Å². The lowest BCUT2D eigenvalue weighted by Crippen LogP contribution is -2.34. The smallest absolute Gasteiger partial charge is 0.0917 e. The van der Waals surface area contributed by atoms with Crippen molar-refractivity contribution < 1.29 is 10.2 Å². The summed E-state index contributed by atoms with van der Waals surface area (Å²) < 4.78 is 0. The molecule has 0 radical (unpaired) electrons. The van der Waals surface area contributed by atoms with Crippen molar-refractivity contribution in [3.8, 4) is 0 Å². The van der Waals surface area contributed by atoms with Crippen LogP contribution in [0.2, 0.25) is 0 Å². The third-order valence-corrected chi connectivity index (χ3v) is 4.52. The molecule has 0 heterocycles. The van der Waals surface area contributed by atoms with Gasteiger partial charge < -0.3 is 10.2 Å². The number of hydrogen-bond donors (Lipinski definition) is 2. The van der Waals surface area contributed by atoms with Gasteiger partial charge in [-0.25, -0.2) is 0 Å². The molecule has 0 fully saturated rings. The van der Waals surface area contributed by atoms with Gasteiger partial charge in [0.1, 0.15) is 0 Å². The van der Waals surface area contributed by atoms with Crippen LogP contribution in [-0.2, 0) is 6.42 Å². The lowest BCUT2D eigenvalue weighted by molar-refractivity contribution is 0.0725. The molecule has 116 valence electrons. The summed E-state index contributed by atoms with van der Waals surface area (Å²) in [6.07, 6.45) is 1.60. The fraction of sp³-hybridized carbons (Fsp3) is 0.368. The number of aliphatic hydroxyl groups is 2. The molecule has 2 aromatic rings. The highest BCUT2D eigenvalue weighted by atomic mass is 16.3. The zero-order valence-corrected chi connectivity index (χ0v) is 12.7. The van der Waals surface area contributed by atoms with E-state index >= 15 is 0 Å². The Bertz CT molecular complexity index is 599. The maximum Gasteiger partial charge on any atom is 0.0917 e. The first kappa shape index (κ1) is 15.2. The average molecular weight is 297 g/mol. The molecule has 0 saturated heterocycles. The fourth-order valence-corrected chi connectivity index (χ4v) is 3.42. The minimum atomic E-state index is -0.527. The topological polar surface area (TPSA) is 43.7 Å². The summed E-state index contributed by atoms with van der Waals surface area (Å²) in [4.78, 5) is 2.21. The van der Waals surface area contributed by atoms with Crippen LogP contribution in [0.5, 0.6) is 0 Å². The van der Waals surface area contributed by atoms with Crippen molar-refractivity contribution in [1.82, 2.24) is 4.90 Å². The Morgan fingerprint density at radius 2 is 1.77 bits per heavy atom. The average Bonchev–Trinajstić information content (AvgIpc) is 2.99. The number of rotatable bonds is 6. The quantitative estimate of drug-likeness (QED) is 0.861. The van der Waals surface area contributed by atoms with Crippen LogP contribution in [0.1, 0.15) is 35.3 Å². The van der Waals surface area contributed by atoms with E-state index in [0.717, 1.165) is 18.4 Å². The molecule has 0 bridgehead atoms. The van der Waals surface area contributed by atoms with E-state index in [-0.39, 0.29) is 6.61 Å². The molecular formula is C19H23NO2. The molecular weight excluding hydrogens is 274 g/mol. The fourth-order valence-electron chi connectivity index (χ4n) is 3.42. The van der Waals surface area contributed by atoms with Gasteiger partial charge in [-0.15, -0.1) is 0 Å². The zero-order valence-electron chi connectivity index (χ0n) is 12.7. The number of aryl methyl sites for hydroxylation is 1. The highest BCUT2D eigenvalue weighted by Crippen LogP contribution is 2.36. The number of aliphatic hydroxyl groups excluding tert-OH is 2. The van der Waals surface area contributed by atoms with Crippen LogP contribution < -0.4 is 0 Å². The van der Waals surface area contributed by atoms with Crippen molar-refractivity contribution in [2.45, 2.75) is 25.0 Å². The molecule has 3 nitrogen and oxygen atoms in total. The summed E-state index contributed by atoms with van der Waals surface area (Å²) in [7, 11) is 0. The zero-order chi connectivity index (χ0) is 15.4. The van der Waals surface area contributed by atoms with Crippen LogP contribution in [0.25, 0.3) is 0 Å². The Hall–Kier alpha value is -1.68. The standard InChI is InChI=1S/C19H23NO2/c21-13-12-20(14-19(22)16-7-2-1-3-8-16)18-11-10-15-6-4-5-9-17(15)18/h1-9,18-19,21-22H,10-14H2/t18-,19-/m0/s1. The molecule has 2 N–H and O–H groups in total. The second-order valence-electron chi connectivity index (χ2n) is 5.90. The van der Waals surface area contributed by atoms with Crippen molar-refractivity contribution >= 4 is 0 Å². The van der Waals surface area contributed by atoms with E-state index in [1.807, 2.05) is 30.3 Å². The predicted octanol–water partition coefficient (Wildman–Crippen LogP) is 2.70. The number of nitrogens with zero attached hydrogens (tertiary/aromatic N) is 1. The molecule has 1 aliphatic rings. The molecule has 3 heteroatoms. The van der Waals surface area contributed by atoms with Crippen LogP contribution in [0.3, 0.4) is 0 Å². The van der Waals surface area contributed by atoms with E-state index in [9.17, 15) is 10.2 Å². The molecule has 0 spiro atoms. The maximum atomic E-state index is 10.5. The Labute approximate surface area is 131 Å². The van der Waals surface area contributed by atoms with Gasteiger partial charge in [0.15, 0.2) is 0 Å². The molecule has 3 rings (SSSR count). The van der Waals surface area contributed by atoms with Gasteiger partial charge in [-0.1, -0.05) is 54.6 Å². The van der Waals surface area contributed by atoms with Crippen molar-refractivity contribution in [2.75, 3.05) is 19.7 Å². The molecule has 22 heavy (non-hydrogen) atoms. The van der Waals surface area contributed by atoms with Crippen LogP contribution in [0.15, 0.2) is 54.6 Å². The molecule has 0 aromatic heterocycles. The largest absolute Gasteiger partial charge is 0.395 e. The summed E-state index contributed by atoms with van der Waals surface area (Å²) in [5, 5.41) is 19.9. The Balaban J connectivity index is 1.76. The van der Waals surface area contributed by atoms with Gasteiger partial charge in [0.2, 0.25) is 0 Å². The van der Waals surface area contributed by atoms with Gasteiger partial charge in [-0.3, -0.25) is 4.90 Å². The number of fused-ring (bicyclic) bond motifs is 1. The highest BCUT2D eigenvalue weighted by molar-refractivity contribution is 5.34. The first-order valence-electron chi connectivity index (χ1n) is 7.95. The van der Waals surface area contributed by atoms with E-state index in [0.29, 0.717) is 19.1 Å². The van der Waals surface area contributed by atoms with Crippen molar-refractivity contribution in [3.05, 3.63) is 71.3 Å². The molecule has 2 aromatic carbocycles. The summed E-state index contributed by atoms with van der Waals surface area (Å²) in [5.74, 6) is 0. The van der Waals surface area contributed by atoms with E-state index < -0.39 is 6.10 Å². The lowest BCUT2D eigenvalue weighted by atomic mass is 10.0. The normalized spacial score (nSPS) is 18.4. The first-order chi connectivity index (χ1) is 10.8. The van der Waals surface area contributed by atoms with Gasteiger partial charge in [0, 0.05) is 19.1 Å². The van der Waals surface area contributed by atoms with Crippen LogP contribution >= 0.6 is 0 Å². The first-order valence-corrected chi connectivity index (χ1v) is 7.95. The highest BCUT2D eigenvalue weighted by Gasteiger charge is 2.28. The SMILES string of the molecule is OCCN(C[C@H](O)c1ccccc1)[C@H]1CCc2ccccc21. The van der Waals surface area contributed by atoms with Crippen molar-refractivity contribution in [3.63, 3.8) is 0 Å². The third kappa shape index (κ3) is 3.22. The van der Waals surface area contributed by atoms with Crippen molar-refractivity contribution in [2.24, 2.45) is 0 Å². The Morgan fingerprint density at radius 1 is 1.05 bits per heavy atom. The van der Waals surface area contributed by atoms with E-state index in [1.54, 1.807) is 0 Å². The maximum absolute atomic E-state index is 10.5. The van der Waals surface area contributed by atoms with Gasteiger partial charge >= 0.3 is 0 Å². The number of hydrogen-bond acceptors (Lipinski definition) is 3. The van der Waals surface area contributed by atoms with Gasteiger partial charge in [0.25, 0.3) is 0 Å². The summed E-state index contributed by atoms with van der Waals surface area (Å²) >= 11 is 0. The van der Waals surface area contributed by atoms with E-state index in [2.05, 4.69) is 29.2 Å².